The molecule has 126 valence electrons. The van der Waals surface area contributed by atoms with Crippen molar-refractivity contribution in [1.29, 1.82) is 0 Å². The lowest BCUT2D eigenvalue weighted by Gasteiger charge is -2.32. The van der Waals surface area contributed by atoms with Gasteiger partial charge in [-0.1, -0.05) is 36.4 Å². The van der Waals surface area contributed by atoms with E-state index >= 15 is 0 Å². The minimum absolute atomic E-state index is 0.125. The molecule has 0 bridgehead atoms. The molecule has 1 saturated heterocycles. The summed E-state index contributed by atoms with van der Waals surface area (Å²) in [5, 5.41) is 13.7. The third-order valence-electron chi connectivity index (χ3n) is 3.90. The van der Waals surface area contributed by atoms with E-state index in [1.54, 1.807) is 4.90 Å². The molecule has 2 aromatic carbocycles. The molecule has 0 aliphatic carbocycles. The summed E-state index contributed by atoms with van der Waals surface area (Å²) in [7, 11) is -3.28. The molecule has 3 rings (SSSR count). The summed E-state index contributed by atoms with van der Waals surface area (Å²) in [6.07, 6.45) is -0.981. The number of thiocarbonyl (C=S) groups is 1. The van der Waals surface area contributed by atoms with Crippen LogP contribution < -0.4 is 10.2 Å². The van der Waals surface area contributed by atoms with Crippen LogP contribution in [0.25, 0.3) is 0 Å². The molecule has 1 heterocycles. The summed E-state index contributed by atoms with van der Waals surface area (Å²) in [5.74, 6) is -0.366. The molecular formula is C17H18N2O3S2. The minimum atomic E-state index is -3.28. The van der Waals surface area contributed by atoms with Crippen LogP contribution in [0.2, 0.25) is 0 Å². The van der Waals surface area contributed by atoms with Gasteiger partial charge in [-0.2, -0.15) is 0 Å². The molecule has 0 radical (unpaired) electrons. The standard InChI is InChI=1S/C17H18N2O3S2/c20-16-12-24(21,22)11-15(16)19(14-9-5-2-6-10-14)17(23)18-13-7-3-1-4-8-13/h1-10,15-16,20H,11-12H2,(H,18,23)/t15-,16+/m0/s1. The third kappa shape index (κ3) is 3.75. The summed E-state index contributed by atoms with van der Waals surface area (Å²) < 4.78 is 23.8. The van der Waals surface area contributed by atoms with Gasteiger partial charge in [-0.05, 0) is 36.5 Å². The zero-order valence-electron chi connectivity index (χ0n) is 12.9. The number of nitrogens with one attached hydrogen (secondary N) is 1. The zero-order valence-corrected chi connectivity index (χ0v) is 14.5. The Morgan fingerprint density at radius 2 is 1.62 bits per heavy atom. The van der Waals surface area contributed by atoms with Gasteiger partial charge in [-0.15, -0.1) is 0 Å². The smallest absolute Gasteiger partial charge is 0.178 e. The SMILES string of the molecule is O=S1(=O)C[C@@H](O)[C@@H](N(C(=S)Nc2ccccc2)c2ccccc2)C1. The molecule has 0 aromatic heterocycles. The number of hydrogen-bond donors (Lipinski definition) is 2. The number of nitrogens with zero attached hydrogens (tertiary/aromatic N) is 1. The van der Waals surface area contributed by atoms with Crippen LogP contribution in [0, 0.1) is 0 Å². The van der Waals surface area contributed by atoms with E-state index in [1.807, 2.05) is 60.7 Å². The first kappa shape index (κ1) is 16.9. The Kier molecular flexibility index (Phi) is 4.84. The van der Waals surface area contributed by atoms with Gasteiger partial charge in [0, 0.05) is 11.4 Å². The molecular weight excluding hydrogens is 344 g/mol. The van der Waals surface area contributed by atoms with Crippen LogP contribution in [0.3, 0.4) is 0 Å². The highest BCUT2D eigenvalue weighted by Gasteiger charge is 2.41. The topological polar surface area (TPSA) is 69.6 Å². The van der Waals surface area contributed by atoms with Gasteiger partial charge < -0.3 is 15.3 Å². The lowest BCUT2D eigenvalue weighted by Crippen LogP contribution is -2.48. The van der Waals surface area contributed by atoms with Crippen molar-refractivity contribution in [2.45, 2.75) is 12.1 Å². The molecule has 24 heavy (non-hydrogen) atoms. The summed E-state index contributed by atoms with van der Waals surface area (Å²) in [6, 6.07) is 18.1. The number of aliphatic hydroxyl groups is 1. The van der Waals surface area contributed by atoms with Crippen LogP contribution in [0.5, 0.6) is 0 Å². The quantitative estimate of drug-likeness (QED) is 0.815. The maximum Gasteiger partial charge on any atom is 0.178 e. The summed E-state index contributed by atoms with van der Waals surface area (Å²) in [5.41, 5.74) is 1.55. The fourth-order valence-corrected chi connectivity index (χ4v) is 4.94. The highest BCUT2D eigenvalue weighted by molar-refractivity contribution is 7.91. The van der Waals surface area contributed by atoms with Gasteiger partial charge in [0.2, 0.25) is 0 Å². The molecule has 2 N–H and O–H groups in total. The van der Waals surface area contributed by atoms with Gasteiger partial charge in [0.25, 0.3) is 0 Å². The van der Waals surface area contributed by atoms with Crippen LogP contribution >= 0.6 is 12.2 Å². The molecule has 0 spiro atoms. The zero-order chi connectivity index (χ0) is 17.2. The molecule has 0 saturated carbocycles. The van der Waals surface area contributed by atoms with E-state index in [0.29, 0.717) is 5.11 Å². The average molecular weight is 362 g/mol. The van der Waals surface area contributed by atoms with Crippen molar-refractivity contribution < 1.29 is 13.5 Å². The fraction of sp³-hybridized carbons (Fsp3) is 0.235. The van der Waals surface area contributed by atoms with Gasteiger partial charge in [0.15, 0.2) is 14.9 Å². The van der Waals surface area contributed by atoms with E-state index in [4.69, 9.17) is 12.2 Å². The van der Waals surface area contributed by atoms with E-state index in [9.17, 15) is 13.5 Å². The molecule has 0 unspecified atom stereocenters. The Balaban J connectivity index is 1.92. The second-order valence-electron chi connectivity index (χ2n) is 5.71. The largest absolute Gasteiger partial charge is 0.390 e. The van der Waals surface area contributed by atoms with Crippen molar-refractivity contribution in [3.63, 3.8) is 0 Å². The fourth-order valence-electron chi connectivity index (χ4n) is 2.81. The number of anilines is 2. The first-order valence-corrected chi connectivity index (χ1v) is 9.78. The number of sulfone groups is 1. The third-order valence-corrected chi connectivity index (χ3v) is 5.90. The van der Waals surface area contributed by atoms with E-state index in [0.717, 1.165) is 11.4 Å². The van der Waals surface area contributed by atoms with E-state index < -0.39 is 22.0 Å². The molecule has 1 fully saturated rings. The van der Waals surface area contributed by atoms with Crippen molar-refractivity contribution in [2.24, 2.45) is 0 Å². The number of para-hydroxylation sites is 2. The molecule has 2 aromatic rings. The maximum atomic E-state index is 11.9. The van der Waals surface area contributed by atoms with Gasteiger partial charge >= 0.3 is 0 Å². The first-order valence-electron chi connectivity index (χ1n) is 7.55. The van der Waals surface area contributed by atoms with Crippen LogP contribution in [0.1, 0.15) is 0 Å². The molecule has 2 atom stereocenters. The van der Waals surface area contributed by atoms with Crippen molar-refractivity contribution in [3.8, 4) is 0 Å². The van der Waals surface area contributed by atoms with E-state index in [-0.39, 0.29) is 11.5 Å². The van der Waals surface area contributed by atoms with E-state index in [1.165, 1.54) is 0 Å². The molecule has 1 aliphatic rings. The van der Waals surface area contributed by atoms with Gasteiger partial charge in [-0.3, -0.25) is 0 Å². The normalized spacial score (nSPS) is 22.0. The number of aliphatic hydroxyl groups excluding tert-OH is 1. The van der Waals surface area contributed by atoms with Crippen molar-refractivity contribution in [3.05, 3.63) is 60.7 Å². The Morgan fingerprint density at radius 1 is 1.04 bits per heavy atom. The summed E-state index contributed by atoms with van der Waals surface area (Å²) in [6.45, 7) is 0. The maximum absolute atomic E-state index is 11.9. The Morgan fingerprint density at radius 3 is 2.17 bits per heavy atom. The second-order valence-corrected chi connectivity index (χ2v) is 8.25. The Hall–Kier alpha value is -1.96. The number of benzene rings is 2. The van der Waals surface area contributed by atoms with Gasteiger partial charge in [0.05, 0.1) is 23.7 Å². The summed E-state index contributed by atoms with van der Waals surface area (Å²) >= 11 is 5.51. The lowest BCUT2D eigenvalue weighted by molar-refractivity contribution is 0.184. The minimum Gasteiger partial charge on any atom is -0.390 e. The Labute approximate surface area is 146 Å². The van der Waals surface area contributed by atoms with Crippen molar-refractivity contribution >= 4 is 38.5 Å². The summed E-state index contributed by atoms with van der Waals surface area (Å²) in [4.78, 5) is 1.69. The highest BCUT2D eigenvalue weighted by atomic mass is 32.2. The molecule has 0 amide bonds. The first-order chi connectivity index (χ1) is 11.5. The number of hydrogen-bond acceptors (Lipinski definition) is 4. The molecule has 7 heteroatoms. The predicted molar refractivity (Wildman–Crippen MR) is 100 cm³/mol. The van der Waals surface area contributed by atoms with Crippen LogP contribution in [0.15, 0.2) is 60.7 Å². The van der Waals surface area contributed by atoms with E-state index in [2.05, 4.69) is 5.32 Å². The molecule has 1 aliphatic heterocycles. The molecule has 5 nitrogen and oxygen atoms in total. The van der Waals surface area contributed by atoms with Crippen LogP contribution in [0.4, 0.5) is 11.4 Å². The highest BCUT2D eigenvalue weighted by Crippen LogP contribution is 2.26. The Bertz CT molecular complexity index is 810. The van der Waals surface area contributed by atoms with Crippen LogP contribution in [-0.4, -0.2) is 42.3 Å². The van der Waals surface area contributed by atoms with Gasteiger partial charge in [0.1, 0.15) is 0 Å². The van der Waals surface area contributed by atoms with Crippen molar-refractivity contribution in [1.82, 2.24) is 0 Å². The van der Waals surface area contributed by atoms with Crippen LogP contribution in [-0.2, 0) is 9.84 Å². The van der Waals surface area contributed by atoms with Gasteiger partial charge in [-0.25, -0.2) is 8.42 Å². The predicted octanol–water partition coefficient (Wildman–Crippen LogP) is 2.05. The second kappa shape index (κ2) is 6.88. The average Bonchev–Trinajstić information content (AvgIpc) is 2.82. The van der Waals surface area contributed by atoms with Crippen molar-refractivity contribution in [2.75, 3.05) is 21.7 Å². The monoisotopic (exact) mass is 362 g/mol. The lowest BCUT2D eigenvalue weighted by atomic mass is 10.1. The number of rotatable bonds is 3.